The molecule has 112 valence electrons. The first-order valence-electron chi connectivity index (χ1n) is 6.84. The highest BCUT2D eigenvalue weighted by atomic mass is 16.5. The zero-order chi connectivity index (χ0) is 15.2. The van der Waals surface area contributed by atoms with E-state index in [4.69, 9.17) is 4.74 Å². The van der Waals surface area contributed by atoms with Crippen LogP contribution in [-0.4, -0.2) is 49.2 Å². The topological polar surface area (TPSA) is 75.7 Å². The SMILES string of the molecule is CN1CC(C(=O)NCCCOc2ccccc2)C(=O)C1=O. The van der Waals surface area contributed by atoms with Gasteiger partial charge in [0.2, 0.25) is 11.7 Å². The summed E-state index contributed by atoms with van der Waals surface area (Å²) < 4.78 is 5.49. The van der Waals surface area contributed by atoms with Gasteiger partial charge < -0.3 is 15.0 Å². The molecule has 2 amide bonds. The lowest BCUT2D eigenvalue weighted by molar-refractivity contribution is -0.142. The van der Waals surface area contributed by atoms with E-state index < -0.39 is 23.5 Å². The Bertz CT molecular complexity index is 530. The highest BCUT2D eigenvalue weighted by molar-refractivity contribution is 6.42. The van der Waals surface area contributed by atoms with Crippen molar-refractivity contribution in [2.45, 2.75) is 6.42 Å². The molecule has 0 aromatic heterocycles. The van der Waals surface area contributed by atoms with Crippen LogP contribution in [0, 0.1) is 5.92 Å². The van der Waals surface area contributed by atoms with Crippen LogP contribution in [0.25, 0.3) is 0 Å². The Labute approximate surface area is 123 Å². The number of ketones is 1. The Morgan fingerprint density at radius 3 is 2.67 bits per heavy atom. The molecule has 1 aromatic rings. The maximum atomic E-state index is 11.8. The predicted molar refractivity (Wildman–Crippen MR) is 75.7 cm³/mol. The van der Waals surface area contributed by atoms with E-state index in [0.29, 0.717) is 19.6 Å². The van der Waals surface area contributed by atoms with Crippen LogP contribution >= 0.6 is 0 Å². The molecule has 0 saturated carbocycles. The number of rotatable bonds is 6. The fraction of sp³-hybridized carbons (Fsp3) is 0.400. The minimum absolute atomic E-state index is 0.157. The lowest BCUT2D eigenvalue weighted by Gasteiger charge is -2.10. The van der Waals surface area contributed by atoms with Gasteiger partial charge in [0.05, 0.1) is 6.61 Å². The number of para-hydroxylation sites is 1. The maximum Gasteiger partial charge on any atom is 0.290 e. The number of hydrogen-bond donors (Lipinski definition) is 1. The van der Waals surface area contributed by atoms with Crippen LogP contribution in [0.3, 0.4) is 0 Å². The number of hydrogen-bond acceptors (Lipinski definition) is 4. The highest BCUT2D eigenvalue weighted by Gasteiger charge is 2.41. The Balaban J connectivity index is 1.66. The standard InChI is InChI=1S/C15H18N2O4/c1-17-10-12(13(18)15(17)20)14(19)16-8-5-9-21-11-6-3-2-4-7-11/h2-4,6-7,12H,5,8-10H2,1H3,(H,16,19). The molecular weight excluding hydrogens is 272 g/mol. The minimum Gasteiger partial charge on any atom is -0.494 e. The Kier molecular flexibility index (Phi) is 4.92. The van der Waals surface area contributed by atoms with Gasteiger partial charge in [-0.2, -0.15) is 0 Å². The molecule has 0 radical (unpaired) electrons. The number of carbonyl (C=O) groups excluding carboxylic acids is 3. The molecule has 1 unspecified atom stereocenters. The molecule has 1 heterocycles. The summed E-state index contributed by atoms with van der Waals surface area (Å²) in [6, 6.07) is 9.39. The van der Waals surface area contributed by atoms with Gasteiger partial charge in [-0.05, 0) is 18.6 Å². The Hall–Kier alpha value is -2.37. The van der Waals surface area contributed by atoms with Gasteiger partial charge in [0, 0.05) is 20.1 Å². The summed E-state index contributed by atoms with van der Waals surface area (Å²) >= 11 is 0. The van der Waals surface area contributed by atoms with E-state index >= 15 is 0 Å². The monoisotopic (exact) mass is 290 g/mol. The molecule has 1 aliphatic heterocycles. The van der Waals surface area contributed by atoms with Crippen molar-refractivity contribution in [3.05, 3.63) is 30.3 Å². The largest absolute Gasteiger partial charge is 0.494 e. The zero-order valence-electron chi connectivity index (χ0n) is 11.9. The predicted octanol–water partition coefficient (Wildman–Crippen LogP) is 0.229. The number of amides is 2. The fourth-order valence-electron chi connectivity index (χ4n) is 2.09. The van der Waals surface area contributed by atoms with Crippen LogP contribution in [0.4, 0.5) is 0 Å². The lowest BCUT2D eigenvalue weighted by atomic mass is 10.1. The summed E-state index contributed by atoms with van der Waals surface area (Å²) in [5.41, 5.74) is 0. The molecule has 1 fully saturated rings. The van der Waals surface area contributed by atoms with Crippen LogP contribution in [-0.2, 0) is 14.4 Å². The van der Waals surface area contributed by atoms with Crippen molar-refractivity contribution < 1.29 is 19.1 Å². The van der Waals surface area contributed by atoms with Crippen molar-refractivity contribution in [2.75, 3.05) is 26.7 Å². The Morgan fingerprint density at radius 1 is 1.33 bits per heavy atom. The summed E-state index contributed by atoms with van der Waals surface area (Å²) in [6.07, 6.45) is 0.630. The molecule has 1 saturated heterocycles. The van der Waals surface area contributed by atoms with E-state index in [9.17, 15) is 14.4 Å². The second-order valence-electron chi connectivity index (χ2n) is 4.91. The zero-order valence-corrected chi connectivity index (χ0v) is 11.9. The number of nitrogens with one attached hydrogen (secondary N) is 1. The number of likely N-dealkylation sites (N-methyl/N-ethyl adjacent to an activating group) is 1. The van der Waals surface area contributed by atoms with E-state index in [1.165, 1.54) is 11.9 Å². The second-order valence-corrected chi connectivity index (χ2v) is 4.91. The van der Waals surface area contributed by atoms with Gasteiger partial charge in [-0.1, -0.05) is 18.2 Å². The average Bonchev–Trinajstić information content (AvgIpc) is 2.75. The smallest absolute Gasteiger partial charge is 0.290 e. The molecule has 1 atom stereocenters. The molecule has 1 aromatic carbocycles. The van der Waals surface area contributed by atoms with E-state index in [-0.39, 0.29) is 6.54 Å². The number of benzene rings is 1. The van der Waals surface area contributed by atoms with E-state index in [1.54, 1.807) is 0 Å². The van der Waals surface area contributed by atoms with Crippen LogP contribution < -0.4 is 10.1 Å². The van der Waals surface area contributed by atoms with Gasteiger partial charge >= 0.3 is 0 Å². The van der Waals surface area contributed by atoms with Crippen molar-refractivity contribution in [3.8, 4) is 5.75 Å². The maximum absolute atomic E-state index is 11.8. The summed E-state index contributed by atoms with van der Waals surface area (Å²) in [5.74, 6) is -1.71. The molecule has 1 aliphatic rings. The number of ether oxygens (including phenoxy) is 1. The van der Waals surface area contributed by atoms with E-state index in [0.717, 1.165) is 5.75 Å². The highest BCUT2D eigenvalue weighted by Crippen LogP contribution is 2.12. The van der Waals surface area contributed by atoms with Gasteiger partial charge in [0.25, 0.3) is 5.91 Å². The third kappa shape index (κ3) is 3.81. The lowest BCUT2D eigenvalue weighted by Crippen LogP contribution is -2.36. The molecule has 0 spiro atoms. The van der Waals surface area contributed by atoms with Crippen LogP contribution in [0.2, 0.25) is 0 Å². The first-order chi connectivity index (χ1) is 10.1. The van der Waals surface area contributed by atoms with Crippen molar-refractivity contribution in [1.82, 2.24) is 10.2 Å². The van der Waals surface area contributed by atoms with Crippen molar-refractivity contribution in [2.24, 2.45) is 5.92 Å². The second kappa shape index (κ2) is 6.88. The van der Waals surface area contributed by atoms with Gasteiger partial charge in [-0.25, -0.2) is 0 Å². The minimum atomic E-state index is -0.877. The normalized spacial score (nSPS) is 18.0. The summed E-state index contributed by atoms with van der Waals surface area (Å²) in [6.45, 7) is 1.04. The van der Waals surface area contributed by atoms with Crippen LogP contribution in [0.1, 0.15) is 6.42 Å². The molecule has 6 nitrogen and oxygen atoms in total. The van der Waals surface area contributed by atoms with E-state index in [2.05, 4.69) is 5.32 Å². The van der Waals surface area contributed by atoms with Gasteiger partial charge in [0.15, 0.2) is 0 Å². The summed E-state index contributed by atoms with van der Waals surface area (Å²) in [7, 11) is 1.52. The van der Waals surface area contributed by atoms with Crippen LogP contribution in [0.5, 0.6) is 5.75 Å². The van der Waals surface area contributed by atoms with Crippen molar-refractivity contribution in [1.29, 1.82) is 0 Å². The number of carbonyl (C=O) groups is 3. The number of likely N-dealkylation sites (tertiary alicyclic amines) is 1. The molecule has 0 bridgehead atoms. The summed E-state index contributed by atoms with van der Waals surface area (Å²) in [4.78, 5) is 36.0. The third-order valence-electron chi connectivity index (χ3n) is 3.28. The molecular formula is C15H18N2O4. The molecule has 21 heavy (non-hydrogen) atoms. The molecule has 2 rings (SSSR count). The Morgan fingerprint density at radius 2 is 2.05 bits per heavy atom. The van der Waals surface area contributed by atoms with Gasteiger partial charge in [-0.3, -0.25) is 14.4 Å². The van der Waals surface area contributed by atoms with Gasteiger partial charge in [0.1, 0.15) is 11.7 Å². The molecule has 6 heteroatoms. The van der Waals surface area contributed by atoms with Crippen molar-refractivity contribution in [3.63, 3.8) is 0 Å². The fourth-order valence-corrected chi connectivity index (χ4v) is 2.09. The van der Waals surface area contributed by atoms with Crippen LogP contribution in [0.15, 0.2) is 30.3 Å². The quantitative estimate of drug-likeness (QED) is 0.462. The average molecular weight is 290 g/mol. The summed E-state index contributed by atoms with van der Waals surface area (Å²) in [5, 5.41) is 2.66. The third-order valence-corrected chi connectivity index (χ3v) is 3.28. The first-order valence-corrected chi connectivity index (χ1v) is 6.84. The molecule has 1 N–H and O–H groups in total. The van der Waals surface area contributed by atoms with Crippen molar-refractivity contribution >= 4 is 17.6 Å². The van der Waals surface area contributed by atoms with E-state index in [1.807, 2.05) is 30.3 Å². The number of nitrogens with zero attached hydrogens (tertiary/aromatic N) is 1. The number of Topliss-reactive ketones (excluding diaryl/α,β-unsaturated/α-hetero) is 1. The van der Waals surface area contributed by atoms with Gasteiger partial charge in [-0.15, -0.1) is 0 Å². The molecule has 0 aliphatic carbocycles. The first kappa shape index (κ1) is 15.0.